The number of rotatable bonds is 4. The molecule has 2 aliphatic heterocycles. The maximum Gasteiger partial charge on any atom is 0.410 e. The number of amides is 1. The maximum absolute atomic E-state index is 12.6. The first-order valence-electron chi connectivity index (χ1n) is 12.6. The predicted octanol–water partition coefficient (Wildman–Crippen LogP) is 4.36. The van der Waals surface area contributed by atoms with E-state index in [1.165, 1.54) is 44.1 Å². The average molecular weight is 454 g/mol. The molecule has 2 heterocycles. The Bertz CT molecular complexity index is 832. The molecule has 7 rings (SSSR count). The molecule has 5 nitrogen and oxygen atoms in total. The van der Waals surface area contributed by atoms with E-state index in [2.05, 4.69) is 34.5 Å². The number of ether oxygens (including phenoxy) is 1. The fraction of sp³-hybridized carbons (Fsp3) is 0.692. The number of cyclic esters (lactones) is 1. The molecule has 6 fully saturated rings. The SMILES string of the molecule is O=C1OC[C@H](Cc2ccccc2)N1C1CCN(C(=S)NC23CC4CC(CC(C4)C2)C3)CC1. The average Bonchev–Trinajstić information content (AvgIpc) is 3.13. The molecule has 0 aromatic heterocycles. The first-order valence-corrected chi connectivity index (χ1v) is 13.0. The van der Waals surface area contributed by atoms with Crippen LogP contribution in [0.3, 0.4) is 0 Å². The summed E-state index contributed by atoms with van der Waals surface area (Å²) in [7, 11) is 0. The molecule has 1 aromatic rings. The smallest absolute Gasteiger partial charge is 0.410 e. The Kier molecular flexibility index (Phi) is 5.32. The van der Waals surface area contributed by atoms with Gasteiger partial charge in [0.15, 0.2) is 5.11 Å². The van der Waals surface area contributed by atoms with E-state index in [1.54, 1.807) is 0 Å². The second kappa shape index (κ2) is 8.19. The van der Waals surface area contributed by atoms with Crippen LogP contribution in [0.2, 0.25) is 0 Å². The molecule has 172 valence electrons. The number of carbonyl (C=O) groups is 1. The van der Waals surface area contributed by atoms with E-state index in [0.717, 1.165) is 55.2 Å². The number of likely N-dealkylation sites (tertiary alicyclic amines) is 1. The van der Waals surface area contributed by atoms with Gasteiger partial charge in [-0.1, -0.05) is 30.3 Å². The van der Waals surface area contributed by atoms with Gasteiger partial charge in [0, 0.05) is 24.7 Å². The van der Waals surface area contributed by atoms with E-state index in [-0.39, 0.29) is 23.7 Å². The summed E-state index contributed by atoms with van der Waals surface area (Å²) in [4.78, 5) is 16.9. The molecular formula is C26H35N3O2S. The van der Waals surface area contributed by atoms with Crippen LogP contribution in [0.1, 0.15) is 56.9 Å². The van der Waals surface area contributed by atoms with E-state index >= 15 is 0 Å². The van der Waals surface area contributed by atoms with Gasteiger partial charge in [0.25, 0.3) is 0 Å². The summed E-state index contributed by atoms with van der Waals surface area (Å²) >= 11 is 5.93. The topological polar surface area (TPSA) is 44.8 Å². The van der Waals surface area contributed by atoms with Gasteiger partial charge in [-0.25, -0.2) is 4.79 Å². The van der Waals surface area contributed by atoms with Crippen molar-refractivity contribution in [2.24, 2.45) is 17.8 Å². The normalized spacial score (nSPS) is 36.4. The Morgan fingerprint density at radius 1 is 1.03 bits per heavy atom. The number of hydrogen-bond acceptors (Lipinski definition) is 3. The van der Waals surface area contributed by atoms with E-state index in [0.29, 0.717) is 6.61 Å². The minimum absolute atomic E-state index is 0.138. The molecule has 1 atom stereocenters. The van der Waals surface area contributed by atoms with E-state index in [1.807, 2.05) is 11.0 Å². The van der Waals surface area contributed by atoms with Crippen LogP contribution in [0.25, 0.3) is 0 Å². The Labute approximate surface area is 196 Å². The Hall–Kier alpha value is -1.82. The second-order valence-electron chi connectivity index (χ2n) is 11.2. The quantitative estimate of drug-likeness (QED) is 0.687. The highest BCUT2D eigenvalue weighted by molar-refractivity contribution is 7.80. The third-order valence-electron chi connectivity index (χ3n) is 8.87. The van der Waals surface area contributed by atoms with Crippen LogP contribution in [0.4, 0.5) is 4.79 Å². The van der Waals surface area contributed by atoms with E-state index < -0.39 is 0 Å². The van der Waals surface area contributed by atoms with Gasteiger partial charge in [0.05, 0.1) is 6.04 Å². The minimum Gasteiger partial charge on any atom is -0.447 e. The molecule has 1 N–H and O–H groups in total. The van der Waals surface area contributed by atoms with Crippen LogP contribution in [0.5, 0.6) is 0 Å². The number of benzene rings is 1. The van der Waals surface area contributed by atoms with Crippen molar-refractivity contribution in [2.45, 2.75) is 75.4 Å². The minimum atomic E-state index is -0.140. The van der Waals surface area contributed by atoms with Gasteiger partial charge in [0.2, 0.25) is 0 Å². The molecule has 1 amide bonds. The monoisotopic (exact) mass is 453 g/mol. The van der Waals surface area contributed by atoms with Crippen molar-refractivity contribution < 1.29 is 9.53 Å². The van der Waals surface area contributed by atoms with Crippen molar-refractivity contribution in [1.82, 2.24) is 15.1 Å². The van der Waals surface area contributed by atoms with Gasteiger partial charge < -0.3 is 15.0 Å². The molecule has 6 heteroatoms. The Morgan fingerprint density at radius 2 is 1.66 bits per heavy atom. The lowest BCUT2D eigenvalue weighted by atomic mass is 9.53. The van der Waals surface area contributed by atoms with Crippen LogP contribution in [-0.4, -0.2) is 58.3 Å². The number of thiocarbonyl (C=S) groups is 1. The van der Waals surface area contributed by atoms with E-state index in [4.69, 9.17) is 17.0 Å². The van der Waals surface area contributed by atoms with Gasteiger partial charge in [0.1, 0.15) is 6.61 Å². The van der Waals surface area contributed by atoms with Crippen molar-refractivity contribution >= 4 is 23.4 Å². The van der Waals surface area contributed by atoms with Crippen molar-refractivity contribution in [2.75, 3.05) is 19.7 Å². The number of nitrogens with one attached hydrogen (secondary N) is 1. The van der Waals surface area contributed by atoms with Gasteiger partial charge in [-0.2, -0.15) is 0 Å². The molecule has 4 bridgehead atoms. The summed E-state index contributed by atoms with van der Waals surface area (Å²) in [5.74, 6) is 2.76. The molecule has 4 saturated carbocycles. The summed E-state index contributed by atoms with van der Waals surface area (Å²) in [6.45, 7) is 2.34. The lowest BCUT2D eigenvalue weighted by molar-refractivity contribution is -0.0115. The molecule has 6 aliphatic rings. The fourth-order valence-electron chi connectivity index (χ4n) is 7.88. The zero-order valence-electron chi connectivity index (χ0n) is 18.9. The summed E-state index contributed by atoms with van der Waals surface area (Å²) in [5.41, 5.74) is 1.53. The lowest BCUT2D eigenvalue weighted by Gasteiger charge is -2.57. The maximum atomic E-state index is 12.6. The van der Waals surface area contributed by atoms with Gasteiger partial charge in [-0.3, -0.25) is 4.90 Å². The number of carbonyl (C=O) groups excluding carboxylic acids is 1. The first kappa shape index (κ1) is 20.8. The third-order valence-corrected chi connectivity index (χ3v) is 9.23. The lowest BCUT2D eigenvalue weighted by Crippen LogP contribution is -2.62. The highest BCUT2D eigenvalue weighted by atomic mass is 32.1. The zero-order valence-corrected chi connectivity index (χ0v) is 19.7. The van der Waals surface area contributed by atoms with Crippen LogP contribution < -0.4 is 5.32 Å². The van der Waals surface area contributed by atoms with Crippen LogP contribution >= 0.6 is 12.2 Å². The largest absolute Gasteiger partial charge is 0.447 e. The highest BCUT2D eigenvalue weighted by Gasteiger charge is 2.51. The summed E-state index contributed by atoms with van der Waals surface area (Å²) in [5, 5.41) is 4.83. The Morgan fingerprint density at radius 3 is 2.28 bits per heavy atom. The van der Waals surface area contributed by atoms with Crippen LogP contribution in [0, 0.1) is 17.8 Å². The number of piperidine rings is 1. The van der Waals surface area contributed by atoms with Crippen LogP contribution in [-0.2, 0) is 11.2 Å². The molecule has 0 unspecified atom stereocenters. The van der Waals surface area contributed by atoms with Gasteiger partial charge >= 0.3 is 6.09 Å². The molecule has 0 radical (unpaired) electrons. The van der Waals surface area contributed by atoms with Crippen molar-refractivity contribution in [3.8, 4) is 0 Å². The summed E-state index contributed by atoms with van der Waals surface area (Å²) in [6.07, 6.45) is 11.0. The van der Waals surface area contributed by atoms with Crippen LogP contribution in [0.15, 0.2) is 30.3 Å². The number of nitrogens with zero attached hydrogens (tertiary/aromatic N) is 2. The van der Waals surface area contributed by atoms with Crippen molar-refractivity contribution in [1.29, 1.82) is 0 Å². The molecule has 0 spiro atoms. The first-order chi connectivity index (χ1) is 15.6. The zero-order chi connectivity index (χ0) is 21.7. The molecule has 1 aromatic carbocycles. The highest BCUT2D eigenvalue weighted by Crippen LogP contribution is 2.55. The molecule has 4 aliphatic carbocycles. The van der Waals surface area contributed by atoms with Crippen molar-refractivity contribution in [3.63, 3.8) is 0 Å². The van der Waals surface area contributed by atoms with E-state index in [9.17, 15) is 4.79 Å². The molecule has 32 heavy (non-hydrogen) atoms. The predicted molar refractivity (Wildman–Crippen MR) is 128 cm³/mol. The summed E-state index contributed by atoms with van der Waals surface area (Å²) < 4.78 is 5.47. The van der Waals surface area contributed by atoms with Crippen molar-refractivity contribution in [3.05, 3.63) is 35.9 Å². The number of hydrogen-bond donors (Lipinski definition) is 1. The summed E-state index contributed by atoms with van der Waals surface area (Å²) in [6, 6.07) is 10.8. The second-order valence-corrected chi connectivity index (χ2v) is 11.6. The molecule has 2 saturated heterocycles. The van der Waals surface area contributed by atoms with Gasteiger partial charge in [-0.05, 0) is 93.3 Å². The standard InChI is InChI=1S/C26H35N3O2S/c30-25-29(23(17-31-25)13-18-4-2-1-3-5-18)22-6-8-28(9-7-22)24(32)27-26-14-19-10-20(15-26)12-21(11-19)16-26/h1-5,19-23H,6-17H2,(H,27,32)/t19?,20?,21?,23-,26?/m0/s1. The third kappa shape index (κ3) is 3.89. The van der Waals surface area contributed by atoms with Gasteiger partial charge in [-0.15, -0.1) is 0 Å². The molecular weight excluding hydrogens is 418 g/mol. The fourth-order valence-corrected chi connectivity index (χ4v) is 8.28. The Balaban J connectivity index is 1.06.